The number of nitrogens with one attached hydrogen (secondary N) is 1. The van der Waals surface area contributed by atoms with E-state index >= 15 is 0 Å². The molecule has 14 heavy (non-hydrogen) atoms. The molecule has 2 rings (SSSR count). The van der Waals surface area contributed by atoms with Crippen LogP contribution in [-0.4, -0.2) is 10.2 Å². The highest BCUT2D eigenvalue weighted by Crippen LogP contribution is 2.41. The SMILES string of the molecule is Cc1cc(C(NN)C2CC2)c(C)nn1. The third-order valence-electron chi connectivity index (χ3n) is 2.75. The van der Waals surface area contributed by atoms with Crippen LogP contribution in [0.5, 0.6) is 0 Å². The average Bonchev–Trinajstić information content (AvgIpc) is 2.96. The maximum Gasteiger partial charge on any atom is 0.0648 e. The Morgan fingerprint density at radius 2 is 2.14 bits per heavy atom. The molecule has 0 saturated heterocycles. The van der Waals surface area contributed by atoms with E-state index in [1.807, 2.05) is 13.8 Å². The first-order chi connectivity index (χ1) is 6.72. The predicted molar refractivity (Wildman–Crippen MR) is 54.3 cm³/mol. The summed E-state index contributed by atoms with van der Waals surface area (Å²) >= 11 is 0. The van der Waals surface area contributed by atoms with E-state index < -0.39 is 0 Å². The summed E-state index contributed by atoms with van der Waals surface area (Å²) in [5, 5.41) is 8.13. The van der Waals surface area contributed by atoms with Gasteiger partial charge in [0.2, 0.25) is 0 Å². The van der Waals surface area contributed by atoms with Gasteiger partial charge in [0.15, 0.2) is 0 Å². The third-order valence-corrected chi connectivity index (χ3v) is 2.75. The maximum absolute atomic E-state index is 5.57. The van der Waals surface area contributed by atoms with Crippen LogP contribution in [0.1, 0.15) is 35.8 Å². The minimum Gasteiger partial charge on any atom is -0.271 e. The molecule has 1 atom stereocenters. The minimum absolute atomic E-state index is 0.254. The summed E-state index contributed by atoms with van der Waals surface area (Å²) < 4.78 is 0. The summed E-state index contributed by atoms with van der Waals surface area (Å²) in [6, 6.07) is 2.33. The standard InChI is InChI=1S/C10H16N4/c1-6-5-9(7(2)14-13-6)10(12-11)8-3-4-8/h5,8,10,12H,3-4,11H2,1-2H3. The summed E-state index contributed by atoms with van der Waals surface area (Å²) in [5.41, 5.74) is 6.01. The zero-order valence-electron chi connectivity index (χ0n) is 8.62. The maximum atomic E-state index is 5.57. The number of nitrogens with zero attached hydrogens (tertiary/aromatic N) is 2. The lowest BCUT2D eigenvalue weighted by molar-refractivity contribution is 0.490. The molecule has 3 N–H and O–H groups in total. The van der Waals surface area contributed by atoms with Gasteiger partial charge in [0.1, 0.15) is 0 Å². The lowest BCUT2D eigenvalue weighted by atomic mass is 10.0. The molecule has 1 aromatic heterocycles. The molecule has 0 aliphatic heterocycles. The van der Waals surface area contributed by atoms with Crippen molar-refractivity contribution in [3.05, 3.63) is 23.0 Å². The van der Waals surface area contributed by atoms with Crippen molar-refractivity contribution in [1.29, 1.82) is 0 Å². The summed E-state index contributed by atoms with van der Waals surface area (Å²) in [7, 11) is 0. The van der Waals surface area contributed by atoms with Crippen LogP contribution in [0.25, 0.3) is 0 Å². The van der Waals surface area contributed by atoms with Crippen LogP contribution >= 0.6 is 0 Å². The second-order valence-corrected chi connectivity index (χ2v) is 4.01. The van der Waals surface area contributed by atoms with Crippen LogP contribution in [-0.2, 0) is 0 Å². The van der Waals surface area contributed by atoms with E-state index in [0.717, 1.165) is 11.4 Å². The number of hydrazine groups is 1. The minimum atomic E-state index is 0.254. The van der Waals surface area contributed by atoms with E-state index in [1.54, 1.807) is 0 Å². The largest absolute Gasteiger partial charge is 0.271 e. The summed E-state index contributed by atoms with van der Waals surface area (Å²) in [6.07, 6.45) is 2.52. The Labute approximate surface area is 83.9 Å². The van der Waals surface area contributed by atoms with Crippen molar-refractivity contribution in [2.45, 2.75) is 32.7 Å². The molecule has 1 aliphatic rings. The first-order valence-electron chi connectivity index (χ1n) is 4.99. The van der Waals surface area contributed by atoms with Crippen molar-refractivity contribution in [2.75, 3.05) is 0 Å². The van der Waals surface area contributed by atoms with Gasteiger partial charge in [-0.15, -0.1) is 0 Å². The Bertz CT molecular complexity index is 333. The lowest BCUT2D eigenvalue weighted by Crippen LogP contribution is -2.30. The number of aryl methyl sites for hydroxylation is 2. The Morgan fingerprint density at radius 3 is 2.71 bits per heavy atom. The van der Waals surface area contributed by atoms with Crippen LogP contribution < -0.4 is 11.3 Å². The molecule has 0 spiro atoms. The van der Waals surface area contributed by atoms with E-state index in [0.29, 0.717) is 5.92 Å². The molecule has 4 nitrogen and oxygen atoms in total. The number of hydrogen-bond acceptors (Lipinski definition) is 4. The van der Waals surface area contributed by atoms with Gasteiger partial charge in [-0.1, -0.05) is 0 Å². The molecule has 1 heterocycles. The highest BCUT2D eigenvalue weighted by Gasteiger charge is 2.32. The molecule has 1 unspecified atom stereocenters. The molecule has 1 fully saturated rings. The van der Waals surface area contributed by atoms with Gasteiger partial charge in [-0.2, -0.15) is 10.2 Å². The van der Waals surface area contributed by atoms with Crippen LogP contribution in [0.4, 0.5) is 0 Å². The Hall–Kier alpha value is -1.00. The van der Waals surface area contributed by atoms with E-state index in [2.05, 4.69) is 21.7 Å². The molecular weight excluding hydrogens is 176 g/mol. The number of nitrogens with two attached hydrogens (primary N) is 1. The molecule has 76 valence electrons. The molecule has 0 radical (unpaired) electrons. The second kappa shape index (κ2) is 3.63. The fraction of sp³-hybridized carbons (Fsp3) is 0.600. The Morgan fingerprint density at radius 1 is 1.43 bits per heavy atom. The van der Waals surface area contributed by atoms with E-state index in [-0.39, 0.29) is 6.04 Å². The van der Waals surface area contributed by atoms with Gasteiger partial charge in [-0.25, -0.2) is 0 Å². The molecule has 0 amide bonds. The first-order valence-corrected chi connectivity index (χ1v) is 4.99. The first kappa shape index (κ1) is 9.55. The second-order valence-electron chi connectivity index (χ2n) is 4.01. The fourth-order valence-corrected chi connectivity index (χ4v) is 1.79. The van der Waals surface area contributed by atoms with E-state index in [1.165, 1.54) is 18.4 Å². The molecule has 0 bridgehead atoms. The van der Waals surface area contributed by atoms with Gasteiger partial charge in [-0.05, 0) is 44.2 Å². The highest BCUT2D eigenvalue weighted by molar-refractivity contribution is 5.25. The van der Waals surface area contributed by atoms with Crippen LogP contribution in [0.2, 0.25) is 0 Å². The molecule has 1 saturated carbocycles. The number of aromatic nitrogens is 2. The fourth-order valence-electron chi connectivity index (χ4n) is 1.79. The van der Waals surface area contributed by atoms with Gasteiger partial charge < -0.3 is 0 Å². The van der Waals surface area contributed by atoms with Crippen molar-refractivity contribution in [1.82, 2.24) is 15.6 Å². The van der Waals surface area contributed by atoms with Gasteiger partial charge in [0.25, 0.3) is 0 Å². The van der Waals surface area contributed by atoms with Gasteiger partial charge in [0, 0.05) is 0 Å². The van der Waals surface area contributed by atoms with Gasteiger partial charge in [0.05, 0.1) is 17.4 Å². The molecule has 0 aromatic carbocycles. The molecule has 1 aromatic rings. The van der Waals surface area contributed by atoms with E-state index in [4.69, 9.17) is 5.84 Å². The zero-order chi connectivity index (χ0) is 10.1. The van der Waals surface area contributed by atoms with Crippen LogP contribution in [0.3, 0.4) is 0 Å². The van der Waals surface area contributed by atoms with E-state index in [9.17, 15) is 0 Å². The molecule has 1 aliphatic carbocycles. The van der Waals surface area contributed by atoms with Crippen molar-refractivity contribution in [3.63, 3.8) is 0 Å². The topological polar surface area (TPSA) is 63.8 Å². The van der Waals surface area contributed by atoms with Crippen molar-refractivity contribution >= 4 is 0 Å². The normalized spacial score (nSPS) is 18.2. The van der Waals surface area contributed by atoms with Crippen LogP contribution in [0, 0.1) is 19.8 Å². The third kappa shape index (κ3) is 1.76. The zero-order valence-corrected chi connectivity index (χ0v) is 8.62. The average molecular weight is 192 g/mol. The lowest BCUT2D eigenvalue weighted by Gasteiger charge is -2.17. The van der Waals surface area contributed by atoms with Crippen LogP contribution in [0.15, 0.2) is 6.07 Å². The Kier molecular flexibility index (Phi) is 2.48. The number of rotatable bonds is 3. The summed E-state index contributed by atoms with van der Waals surface area (Å²) in [6.45, 7) is 3.94. The van der Waals surface area contributed by atoms with Crippen molar-refractivity contribution in [3.8, 4) is 0 Å². The van der Waals surface area contributed by atoms with Gasteiger partial charge >= 0.3 is 0 Å². The number of hydrogen-bond donors (Lipinski definition) is 2. The quantitative estimate of drug-likeness (QED) is 0.554. The molecule has 4 heteroatoms. The highest BCUT2D eigenvalue weighted by atomic mass is 15.2. The Balaban J connectivity index is 2.32. The van der Waals surface area contributed by atoms with Crippen molar-refractivity contribution in [2.24, 2.45) is 11.8 Å². The molecular formula is C10H16N4. The summed E-state index contributed by atoms with van der Waals surface area (Å²) in [4.78, 5) is 0. The summed E-state index contributed by atoms with van der Waals surface area (Å²) in [5.74, 6) is 6.25. The smallest absolute Gasteiger partial charge is 0.0648 e. The predicted octanol–water partition coefficient (Wildman–Crippen LogP) is 1.01. The van der Waals surface area contributed by atoms with Crippen molar-refractivity contribution < 1.29 is 0 Å². The van der Waals surface area contributed by atoms with Gasteiger partial charge in [-0.3, -0.25) is 11.3 Å². The monoisotopic (exact) mass is 192 g/mol.